The number of allylic oxidation sites excluding steroid dienone is 4. The van der Waals surface area contributed by atoms with Crippen LogP contribution in [-0.2, 0) is 5.41 Å². The van der Waals surface area contributed by atoms with Gasteiger partial charge in [0.1, 0.15) is 0 Å². The van der Waals surface area contributed by atoms with Gasteiger partial charge in [0.05, 0.1) is 11.4 Å². The van der Waals surface area contributed by atoms with Crippen LogP contribution in [0.1, 0.15) is 83.6 Å². The minimum absolute atomic E-state index is 0.141. The van der Waals surface area contributed by atoms with Crippen molar-refractivity contribution in [1.29, 1.82) is 0 Å². The smallest absolute Gasteiger partial charge is 0.0910 e. The molecular formula is C30H40N2. The number of rotatable bonds is 3. The summed E-state index contributed by atoms with van der Waals surface area (Å²) in [5, 5.41) is 0. The number of aliphatic imine (C=N–C) groups is 2. The lowest BCUT2D eigenvalue weighted by molar-refractivity contribution is 0.590. The van der Waals surface area contributed by atoms with Crippen LogP contribution in [0.3, 0.4) is 0 Å². The van der Waals surface area contributed by atoms with Gasteiger partial charge >= 0.3 is 0 Å². The van der Waals surface area contributed by atoms with Gasteiger partial charge in [0.25, 0.3) is 0 Å². The molecule has 3 rings (SSSR count). The summed E-state index contributed by atoms with van der Waals surface area (Å²) in [5.74, 6) is 0.523. The zero-order valence-electron chi connectivity index (χ0n) is 21.7. The van der Waals surface area contributed by atoms with Crippen LogP contribution in [0.2, 0.25) is 0 Å². The van der Waals surface area contributed by atoms with E-state index in [1.165, 1.54) is 33.4 Å². The maximum Gasteiger partial charge on any atom is 0.0910 e. The topological polar surface area (TPSA) is 24.7 Å². The summed E-state index contributed by atoms with van der Waals surface area (Å²) in [4.78, 5) is 9.35. The van der Waals surface area contributed by atoms with Crippen LogP contribution in [0.25, 0.3) is 11.1 Å². The van der Waals surface area contributed by atoms with Crippen LogP contribution in [0, 0.1) is 0 Å². The first-order valence-electron chi connectivity index (χ1n) is 11.8. The van der Waals surface area contributed by atoms with Gasteiger partial charge in [-0.15, -0.1) is 0 Å². The molecule has 0 atom stereocenters. The quantitative estimate of drug-likeness (QED) is 0.441. The fourth-order valence-corrected chi connectivity index (χ4v) is 4.00. The summed E-state index contributed by atoms with van der Waals surface area (Å²) in [6.45, 7) is 17.3. The van der Waals surface area contributed by atoms with Crippen LogP contribution in [0.5, 0.6) is 0 Å². The first-order chi connectivity index (χ1) is 15.2. The van der Waals surface area contributed by atoms with E-state index in [-0.39, 0.29) is 5.41 Å². The van der Waals surface area contributed by atoms with Crippen molar-refractivity contribution < 1.29 is 0 Å². The van der Waals surface area contributed by atoms with Gasteiger partial charge in [0.2, 0.25) is 0 Å². The van der Waals surface area contributed by atoms with Gasteiger partial charge in [-0.3, -0.25) is 9.98 Å². The third-order valence-electron chi connectivity index (χ3n) is 5.85. The van der Waals surface area contributed by atoms with Crippen molar-refractivity contribution >= 4 is 22.6 Å². The molecule has 0 radical (unpaired) electrons. The number of nitrogens with zero attached hydrogens (tertiary/aromatic N) is 2. The van der Waals surface area contributed by atoms with Crippen molar-refractivity contribution in [2.24, 2.45) is 9.98 Å². The van der Waals surface area contributed by atoms with Gasteiger partial charge in [-0.25, -0.2) is 0 Å². The Labute approximate surface area is 195 Å². The Kier molecular flexibility index (Phi) is 8.55. The Morgan fingerprint density at radius 2 is 1.22 bits per heavy atom. The maximum absolute atomic E-state index is 4.69. The fraction of sp³-hybridized carbons (Fsp3) is 0.400. The molecule has 0 unspecified atom stereocenters. The fourth-order valence-electron chi connectivity index (χ4n) is 4.00. The molecule has 0 N–H and O–H groups in total. The van der Waals surface area contributed by atoms with E-state index in [1.54, 1.807) is 0 Å². The van der Waals surface area contributed by atoms with Crippen molar-refractivity contribution in [2.75, 3.05) is 14.1 Å². The highest BCUT2D eigenvalue weighted by molar-refractivity contribution is 6.70. The normalized spacial score (nSPS) is 16.9. The van der Waals surface area contributed by atoms with Crippen LogP contribution in [0.4, 0.5) is 0 Å². The predicted octanol–water partition coefficient (Wildman–Crippen LogP) is 8.15. The van der Waals surface area contributed by atoms with Crippen LogP contribution in [0.15, 0.2) is 70.2 Å². The van der Waals surface area contributed by atoms with E-state index in [4.69, 9.17) is 0 Å². The standard InChI is InChI=1S/C28H34N2.C2H6/c1-18(2)20-9-11-22(12-10-20)25-19(3)17-24(26(29-7)27(25)30-8)21-13-15-23(16-14-21)28(4,5)6;1-2/h9-18H,1-8H3;1-2H3. The largest absolute Gasteiger partial charge is 0.286 e. The highest BCUT2D eigenvalue weighted by Gasteiger charge is 2.26. The number of hydrogen-bond acceptors (Lipinski definition) is 2. The molecule has 2 nitrogen and oxygen atoms in total. The first-order valence-corrected chi connectivity index (χ1v) is 11.8. The van der Waals surface area contributed by atoms with Crippen LogP contribution < -0.4 is 0 Å². The summed E-state index contributed by atoms with van der Waals surface area (Å²) in [7, 11) is 3.72. The molecule has 0 heterocycles. The van der Waals surface area contributed by atoms with Crippen molar-refractivity contribution in [3.05, 3.63) is 82.4 Å². The summed E-state index contributed by atoms with van der Waals surface area (Å²) in [6, 6.07) is 17.7. The molecular weight excluding hydrogens is 388 g/mol. The molecule has 1 aliphatic carbocycles. The molecule has 0 spiro atoms. The molecule has 0 fully saturated rings. The van der Waals surface area contributed by atoms with Crippen LogP contribution in [-0.4, -0.2) is 25.5 Å². The minimum Gasteiger partial charge on any atom is -0.286 e. The lowest BCUT2D eigenvalue weighted by atomic mass is 9.81. The highest BCUT2D eigenvalue weighted by Crippen LogP contribution is 2.34. The predicted molar refractivity (Wildman–Crippen MR) is 144 cm³/mol. The van der Waals surface area contributed by atoms with E-state index in [1.807, 2.05) is 27.9 Å². The van der Waals surface area contributed by atoms with E-state index in [2.05, 4.69) is 106 Å². The lowest BCUT2D eigenvalue weighted by Gasteiger charge is -2.24. The molecule has 1 aliphatic rings. The van der Waals surface area contributed by atoms with Gasteiger partial charge in [-0.2, -0.15) is 0 Å². The molecule has 32 heavy (non-hydrogen) atoms. The van der Waals surface area contributed by atoms with Gasteiger partial charge in [0, 0.05) is 25.2 Å². The summed E-state index contributed by atoms with van der Waals surface area (Å²) < 4.78 is 0. The zero-order valence-corrected chi connectivity index (χ0v) is 21.7. The van der Waals surface area contributed by atoms with Crippen molar-refractivity contribution in [3.63, 3.8) is 0 Å². The Hall–Kier alpha value is -2.74. The average Bonchev–Trinajstić information content (AvgIpc) is 2.79. The maximum atomic E-state index is 4.69. The Bertz CT molecular complexity index is 1040. The Morgan fingerprint density at radius 3 is 1.66 bits per heavy atom. The molecule has 0 amide bonds. The number of benzene rings is 2. The van der Waals surface area contributed by atoms with Gasteiger partial charge in [-0.05, 0) is 52.2 Å². The lowest BCUT2D eigenvalue weighted by Crippen LogP contribution is -2.22. The van der Waals surface area contributed by atoms with Gasteiger partial charge in [0.15, 0.2) is 0 Å². The molecule has 0 aromatic heterocycles. The van der Waals surface area contributed by atoms with E-state index in [9.17, 15) is 0 Å². The van der Waals surface area contributed by atoms with Crippen molar-refractivity contribution in [2.45, 2.75) is 66.7 Å². The van der Waals surface area contributed by atoms with Gasteiger partial charge in [-0.1, -0.05) is 97.0 Å². The molecule has 2 aromatic rings. The SMILES string of the molecule is CC.CN=C1C(c2ccc(C(C)(C)C)cc2)=CC(C)=C(c2ccc(C(C)C)cc2)C1=NC. The third-order valence-corrected chi connectivity index (χ3v) is 5.85. The molecule has 2 heteroatoms. The molecule has 0 aliphatic heterocycles. The average molecular weight is 429 g/mol. The Morgan fingerprint density at radius 1 is 0.719 bits per heavy atom. The first kappa shape index (κ1) is 25.5. The monoisotopic (exact) mass is 428 g/mol. The van der Waals surface area contributed by atoms with E-state index >= 15 is 0 Å². The second-order valence-corrected chi connectivity index (χ2v) is 9.36. The Balaban J connectivity index is 0.00000176. The number of hydrogen-bond donors (Lipinski definition) is 0. The molecule has 0 saturated heterocycles. The molecule has 0 saturated carbocycles. The second-order valence-electron chi connectivity index (χ2n) is 9.36. The van der Waals surface area contributed by atoms with Crippen molar-refractivity contribution in [3.8, 4) is 0 Å². The minimum atomic E-state index is 0.141. The molecule has 170 valence electrons. The zero-order chi connectivity index (χ0) is 24.1. The summed E-state index contributed by atoms with van der Waals surface area (Å²) >= 11 is 0. The van der Waals surface area contributed by atoms with E-state index in [0.717, 1.165) is 17.0 Å². The van der Waals surface area contributed by atoms with Crippen LogP contribution >= 0.6 is 0 Å². The van der Waals surface area contributed by atoms with E-state index in [0.29, 0.717) is 5.92 Å². The third kappa shape index (κ3) is 5.35. The van der Waals surface area contributed by atoms with Crippen molar-refractivity contribution in [1.82, 2.24) is 0 Å². The molecule has 0 bridgehead atoms. The summed E-state index contributed by atoms with van der Waals surface area (Å²) in [6.07, 6.45) is 2.26. The summed E-state index contributed by atoms with van der Waals surface area (Å²) in [5.41, 5.74) is 10.6. The van der Waals surface area contributed by atoms with E-state index < -0.39 is 0 Å². The highest BCUT2D eigenvalue weighted by atomic mass is 14.8. The second kappa shape index (κ2) is 10.7. The van der Waals surface area contributed by atoms with Gasteiger partial charge < -0.3 is 0 Å². The molecule has 2 aromatic carbocycles.